The maximum absolute atomic E-state index is 12.9. The highest BCUT2D eigenvalue weighted by molar-refractivity contribution is 7.91. The molecule has 1 aromatic heterocycles. The Morgan fingerprint density at radius 3 is 2.26 bits per heavy atom. The molecule has 1 heterocycles. The normalized spacial score (nSPS) is 16.7. The predicted octanol–water partition coefficient (Wildman–Crippen LogP) is 3.09. The first-order valence-electron chi connectivity index (χ1n) is 10.3. The summed E-state index contributed by atoms with van der Waals surface area (Å²) in [6.45, 7) is 3.17. The molecule has 4 N–H and O–H groups in total. The number of carbonyl (C=O) groups is 1. The van der Waals surface area contributed by atoms with Crippen LogP contribution in [0.25, 0.3) is 0 Å². The minimum absolute atomic E-state index is 0.103. The Morgan fingerprint density at radius 2 is 1.77 bits per heavy atom. The summed E-state index contributed by atoms with van der Waals surface area (Å²) in [6.07, 6.45) is 6.33. The van der Waals surface area contributed by atoms with Gasteiger partial charge in [-0.1, -0.05) is 0 Å². The highest BCUT2D eigenvalue weighted by atomic mass is 32.2. The van der Waals surface area contributed by atoms with Gasteiger partial charge in [-0.15, -0.1) is 4.36 Å². The average Bonchev–Trinajstić information content (AvgIpc) is 3.37. The van der Waals surface area contributed by atoms with Gasteiger partial charge in [0.15, 0.2) is 0 Å². The minimum Gasteiger partial charge on any atom is -0.384 e. The molecule has 0 unspecified atom stereocenters. The van der Waals surface area contributed by atoms with Crippen LogP contribution >= 0.6 is 0 Å². The number of hydrogen-bond donors (Lipinski definition) is 3. The standard InChI is InChI=1S/C22H25N5O3S/c1-22(2,29)19-10-9-13(12-25-19)31(24,30)27-21(28)26-20-16-7-3-5-14(16)18(11-23)15-6-4-8-17(15)20/h9-10,12,29H,3-8H2,1-2H3,(H3,24,26,27,28,30)/t31-/m0/s1. The summed E-state index contributed by atoms with van der Waals surface area (Å²) >= 11 is 0. The molecule has 0 saturated carbocycles. The van der Waals surface area contributed by atoms with Gasteiger partial charge in [-0.25, -0.2) is 14.1 Å². The highest BCUT2D eigenvalue weighted by Gasteiger charge is 2.29. The van der Waals surface area contributed by atoms with Gasteiger partial charge in [0.2, 0.25) is 0 Å². The van der Waals surface area contributed by atoms with E-state index in [1.807, 2.05) is 0 Å². The number of nitriles is 1. The number of aromatic nitrogens is 1. The molecule has 9 heteroatoms. The van der Waals surface area contributed by atoms with Crippen LogP contribution in [0, 0.1) is 11.3 Å². The van der Waals surface area contributed by atoms with Crippen LogP contribution in [0.2, 0.25) is 0 Å². The first-order chi connectivity index (χ1) is 14.6. The van der Waals surface area contributed by atoms with Crippen molar-refractivity contribution in [3.63, 3.8) is 0 Å². The number of nitrogens with one attached hydrogen (secondary N) is 1. The second kappa shape index (κ2) is 7.71. The van der Waals surface area contributed by atoms with Gasteiger partial charge in [-0.3, -0.25) is 4.98 Å². The molecule has 0 radical (unpaired) electrons. The molecule has 2 aromatic rings. The van der Waals surface area contributed by atoms with Crippen molar-refractivity contribution in [1.82, 2.24) is 4.98 Å². The zero-order valence-corrected chi connectivity index (χ0v) is 18.4. The largest absolute Gasteiger partial charge is 0.384 e. The van der Waals surface area contributed by atoms with Crippen LogP contribution in [0.5, 0.6) is 0 Å². The minimum atomic E-state index is -3.52. The number of rotatable bonds is 3. The summed E-state index contributed by atoms with van der Waals surface area (Å²) in [6, 6.07) is 4.54. The fourth-order valence-corrected chi connectivity index (χ4v) is 5.33. The van der Waals surface area contributed by atoms with Gasteiger partial charge in [0.1, 0.15) is 15.5 Å². The van der Waals surface area contributed by atoms with E-state index < -0.39 is 21.5 Å². The molecule has 2 aliphatic rings. The predicted molar refractivity (Wildman–Crippen MR) is 117 cm³/mol. The molecule has 2 aliphatic carbocycles. The van der Waals surface area contributed by atoms with Crippen molar-refractivity contribution in [2.24, 2.45) is 9.50 Å². The number of amides is 2. The summed E-state index contributed by atoms with van der Waals surface area (Å²) in [5.74, 6) is 0. The summed E-state index contributed by atoms with van der Waals surface area (Å²) in [5.41, 5.74) is 4.70. The van der Waals surface area contributed by atoms with Gasteiger partial charge in [0, 0.05) is 11.9 Å². The number of benzene rings is 1. The summed E-state index contributed by atoms with van der Waals surface area (Å²) < 4.78 is 16.7. The van der Waals surface area contributed by atoms with Gasteiger partial charge in [-0.2, -0.15) is 5.26 Å². The van der Waals surface area contributed by atoms with Gasteiger partial charge >= 0.3 is 6.03 Å². The van der Waals surface area contributed by atoms with Crippen molar-refractivity contribution in [1.29, 1.82) is 5.26 Å². The fraction of sp³-hybridized carbons (Fsp3) is 0.409. The molecule has 31 heavy (non-hydrogen) atoms. The molecule has 0 bridgehead atoms. The molecule has 1 atom stereocenters. The van der Waals surface area contributed by atoms with E-state index in [4.69, 9.17) is 5.14 Å². The third-order valence-electron chi connectivity index (χ3n) is 5.91. The van der Waals surface area contributed by atoms with Crippen molar-refractivity contribution >= 4 is 21.6 Å². The molecular weight excluding hydrogens is 414 g/mol. The number of aliphatic hydroxyl groups is 1. The van der Waals surface area contributed by atoms with E-state index in [0.717, 1.165) is 66.3 Å². The molecule has 162 valence electrons. The molecule has 8 nitrogen and oxygen atoms in total. The molecule has 2 amide bonds. The molecule has 0 saturated heterocycles. The number of urea groups is 1. The van der Waals surface area contributed by atoms with E-state index in [2.05, 4.69) is 20.7 Å². The Kier molecular flexibility index (Phi) is 5.33. The lowest BCUT2D eigenvalue weighted by Crippen LogP contribution is -2.21. The molecular formula is C22H25N5O3S. The number of nitrogens with two attached hydrogens (primary N) is 1. The molecule has 1 aromatic carbocycles. The first kappa shape index (κ1) is 21.4. The van der Waals surface area contributed by atoms with E-state index >= 15 is 0 Å². The Balaban J connectivity index is 1.67. The van der Waals surface area contributed by atoms with E-state index in [1.165, 1.54) is 18.3 Å². The number of nitrogens with zero attached hydrogens (tertiary/aromatic N) is 3. The fourth-order valence-electron chi connectivity index (χ4n) is 4.46. The lowest BCUT2D eigenvalue weighted by molar-refractivity contribution is 0.0737. The number of pyridine rings is 1. The third kappa shape index (κ3) is 3.94. The Morgan fingerprint density at radius 1 is 1.19 bits per heavy atom. The Hall–Kier alpha value is -2.80. The number of fused-ring (bicyclic) bond motifs is 2. The summed E-state index contributed by atoms with van der Waals surface area (Å²) in [4.78, 5) is 16.9. The van der Waals surface area contributed by atoms with Crippen LogP contribution < -0.4 is 10.5 Å². The second-order valence-corrected chi connectivity index (χ2v) is 10.3. The van der Waals surface area contributed by atoms with Gasteiger partial charge in [-0.05, 0) is 86.8 Å². The monoisotopic (exact) mass is 439 g/mol. The zero-order valence-electron chi connectivity index (χ0n) is 17.6. The lowest BCUT2D eigenvalue weighted by Gasteiger charge is -2.17. The second-order valence-electron chi connectivity index (χ2n) is 8.51. The van der Waals surface area contributed by atoms with Crippen LogP contribution in [-0.4, -0.2) is 20.3 Å². The lowest BCUT2D eigenvalue weighted by atomic mass is 9.93. The van der Waals surface area contributed by atoms with Gasteiger partial charge in [0.25, 0.3) is 0 Å². The molecule has 0 fully saturated rings. The molecule has 0 aliphatic heterocycles. The summed E-state index contributed by atoms with van der Waals surface area (Å²) in [7, 11) is -3.52. The number of anilines is 1. The maximum atomic E-state index is 12.9. The van der Waals surface area contributed by atoms with Crippen LogP contribution in [0.15, 0.2) is 27.6 Å². The van der Waals surface area contributed by atoms with Crippen molar-refractivity contribution < 1.29 is 14.1 Å². The Bertz CT molecular complexity index is 1190. The average molecular weight is 440 g/mol. The van der Waals surface area contributed by atoms with E-state index in [-0.39, 0.29) is 4.90 Å². The molecule has 4 rings (SSSR count). The van der Waals surface area contributed by atoms with E-state index in [0.29, 0.717) is 11.4 Å². The van der Waals surface area contributed by atoms with Crippen LogP contribution in [0.4, 0.5) is 10.5 Å². The van der Waals surface area contributed by atoms with Gasteiger partial charge < -0.3 is 10.4 Å². The molecule has 0 spiro atoms. The van der Waals surface area contributed by atoms with Crippen molar-refractivity contribution in [3.05, 3.63) is 51.8 Å². The van der Waals surface area contributed by atoms with Crippen LogP contribution in [0.3, 0.4) is 0 Å². The van der Waals surface area contributed by atoms with Crippen molar-refractivity contribution in [2.45, 2.75) is 62.9 Å². The zero-order chi connectivity index (χ0) is 22.4. The maximum Gasteiger partial charge on any atom is 0.354 e. The van der Waals surface area contributed by atoms with Crippen molar-refractivity contribution in [2.75, 3.05) is 5.32 Å². The van der Waals surface area contributed by atoms with Crippen LogP contribution in [-0.2, 0) is 41.2 Å². The van der Waals surface area contributed by atoms with E-state index in [1.54, 1.807) is 13.8 Å². The number of carbonyl (C=O) groups excluding carboxylic acids is 1. The summed E-state index contributed by atoms with van der Waals surface area (Å²) in [5, 5.41) is 28.4. The third-order valence-corrected chi connectivity index (χ3v) is 7.26. The van der Waals surface area contributed by atoms with Gasteiger partial charge in [0.05, 0.1) is 22.2 Å². The quantitative estimate of drug-likeness (QED) is 0.674. The first-order valence-corrected chi connectivity index (χ1v) is 11.8. The topological polar surface area (TPSA) is 141 Å². The number of hydrogen-bond acceptors (Lipinski definition) is 5. The smallest absolute Gasteiger partial charge is 0.354 e. The van der Waals surface area contributed by atoms with E-state index in [9.17, 15) is 19.4 Å². The van der Waals surface area contributed by atoms with Crippen molar-refractivity contribution in [3.8, 4) is 6.07 Å². The SMILES string of the molecule is CC(C)(O)c1ccc([S@@](N)(=O)=NC(=O)Nc2c3c(c(C#N)c4c2CCC4)CCC3)cn1. The van der Waals surface area contributed by atoms with Crippen LogP contribution in [0.1, 0.15) is 60.2 Å². The Labute approximate surface area is 181 Å². The highest BCUT2D eigenvalue weighted by Crippen LogP contribution is 2.41.